The average molecular weight is 247 g/mol. The fraction of sp³-hybridized carbons (Fsp3) is 0.500. The number of aromatic nitrogens is 2. The van der Waals surface area contributed by atoms with Crippen molar-refractivity contribution >= 4 is 0 Å². The number of nitrogens with zero attached hydrogens (tertiary/aromatic N) is 2. The van der Waals surface area contributed by atoms with Crippen molar-refractivity contribution in [3.63, 3.8) is 0 Å². The molecule has 98 valence electrons. The zero-order valence-electron chi connectivity index (χ0n) is 11.3. The molecule has 0 fully saturated rings. The average Bonchev–Trinajstić information content (AvgIpc) is 2.97. The summed E-state index contributed by atoms with van der Waals surface area (Å²) < 4.78 is 7.28. The highest BCUT2D eigenvalue weighted by Gasteiger charge is 2.12. The van der Waals surface area contributed by atoms with Crippen LogP contribution in [0.5, 0.6) is 0 Å². The summed E-state index contributed by atoms with van der Waals surface area (Å²) in [6, 6.07) is 4.41. The third-order valence-corrected chi connectivity index (χ3v) is 3.31. The van der Waals surface area contributed by atoms with Gasteiger partial charge in [0.15, 0.2) is 0 Å². The summed E-state index contributed by atoms with van der Waals surface area (Å²) in [5, 5.41) is 4.56. The molecule has 4 heteroatoms. The van der Waals surface area contributed by atoms with Crippen molar-refractivity contribution in [2.45, 2.75) is 45.7 Å². The van der Waals surface area contributed by atoms with Crippen LogP contribution in [-0.4, -0.2) is 9.78 Å². The van der Waals surface area contributed by atoms with Crippen molar-refractivity contribution in [3.05, 3.63) is 41.6 Å². The van der Waals surface area contributed by atoms with Gasteiger partial charge in [-0.1, -0.05) is 6.92 Å². The van der Waals surface area contributed by atoms with E-state index in [0.29, 0.717) is 6.04 Å². The molecule has 2 heterocycles. The van der Waals surface area contributed by atoms with E-state index in [4.69, 9.17) is 10.2 Å². The molecule has 18 heavy (non-hydrogen) atoms. The molecule has 0 saturated carbocycles. The lowest BCUT2D eigenvalue weighted by atomic mass is 10.1. The minimum atomic E-state index is -0.0530. The minimum absolute atomic E-state index is 0.0530. The van der Waals surface area contributed by atoms with Crippen LogP contribution < -0.4 is 5.73 Å². The zero-order valence-corrected chi connectivity index (χ0v) is 11.3. The Bertz CT molecular complexity index is 501. The second-order valence-electron chi connectivity index (χ2n) is 4.85. The molecule has 0 aliphatic heterocycles. The van der Waals surface area contributed by atoms with Gasteiger partial charge in [-0.2, -0.15) is 5.10 Å². The van der Waals surface area contributed by atoms with Gasteiger partial charge in [0, 0.05) is 30.3 Å². The molecule has 2 N–H and O–H groups in total. The van der Waals surface area contributed by atoms with Gasteiger partial charge in [0.2, 0.25) is 0 Å². The van der Waals surface area contributed by atoms with Gasteiger partial charge in [-0.3, -0.25) is 4.68 Å². The smallest absolute Gasteiger partial charge is 0.101 e. The Labute approximate surface area is 108 Å². The van der Waals surface area contributed by atoms with Crippen LogP contribution in [0.3, 0.4) is 0 Å². The normalized spacial score (nSPS) is 14.7. The number of hydrogen-bond donors (Lipinski definition) is 1. The molecule has 2 unspecified atom stereocenters. The molecule has 0 spiro atoms. The summed E-state index contributed by atoms with van der Waals surface area (Å²) in [6.07, 6.45) is 5.57. The van der Waals surface area contributed by atoms with Crippen LogP contribution in [0, 0.1) is 6.92 Å². The Balaban J connectivity index is 2.03. The summed E-state index contributed by atoms with van der Waals surface area (Å²) in [5.41, 5.74) is 8.21. The van der Waals surface area contributed by atoms with E-state index in [2.05, 4.69) is 18.9 Å². The molecule has 4 nitrogen and oxygen atoms in total. The number of rotatable bonds is 5. The molecule has 0 bridgehead atoms. The number of hydrogen-bond acceptors (Lipinski definition) is 3. The molecule has 2 aromatic heterocycles. The van der Waals surface area contributed by atoms with Gasteiger partial charge in [-0.05, 0) is 32.4 Å². The highest BCUT2D eigenvalue weighted by Crippen LogP contribution is 2.18. The first-order valence-corrected chi connectivity index (χ1v) is 6.44. The Morgan fingerprint density at radius 2 is 2.28 bits per heavy atom. The highest BCUT2D eigenvalue weighted by molar-refractivity contribution is 5.18. The minimum Gasteiger partial charge on any atom is -0.469 e. The second kappa shape index (κ2) is 5.40. The van der Waals surface area contributed by atoms with Gasteiger partial charge in [-0.15, -0.1) is 0 Å². The predicted molar refractivity (Wildman–Crippen MR) is 71.3 cm³/mol. The zero-order chi connectivity index (χ0) is 13.1. The van der Waals surface area contributed by atoms with E-state index >= 15 is 0 Å². The van der Waals surface area contributed by atoms with E-state index < -0.39 is 0 Å². The van der Waals surface area contributed by atoms with Crippen LogP contribution in [0.2, 0.25) is 0 Å². The van der Waals surface area contributed by atoms with Crippen LogP contribution in [0.15, 0.2) is 29.0 Å². The van der Waals surface area contributed by atoms with Gasteiger partial charge < -0.3 is 10.2 Å². The van der Waals surface area contributed by atoms with E-state index in [1.165, 1.54) is 0 Å². The third kappa shape index (κ3) is 2.82. The van der Waals surface area contributed by atoms with Crippen molar-refractivity contribution in [1.29, 1.82) is 0 Å². The Kier molecular flexibility index (Phi) is 3.87. The lowest BCUT2D eigenvalue weighted by Crippen LogP contribution is -2.13. The number of nitrogens with two attached hydrogens (primary N) is 1. The van der Waals surface area contributed by atoms with Crippen molar-refractivity contribution in [2.24, 2.45) is 5.73 Å². The van der Waals surface area contributed by atoms with E-state index in [-0.39, 0.29) is 6.04 Å². The number of furan rings is 1. The SMILES string of the molecule is CCC(C)n1ccc(CC(N)c2coc(C)c2)n1. The van der Waals surface area contributed by atoms with Crippen molar-refractivity contribution in [1.82, 2.24) is 9.78 Å². The first-order chi connectivity index (χ1) is 8.60. The topological polar surface area (TPSA) is 57.0 Å². The van der Waals surface area contributed by atoms with Gasteiger partial charge >= 0.3 is 0 Å². The van der Waals surface area contributed by atoms with Crippen LogP contribution in [-0.2, 0) is 6.42 Å². The van der Waals surface area contributed by atoms with Crippen molar-refractivity contribution < 1.29 is 4.42 Å². The predicted octanol–water partition coefficient (Wildman–Crippen LogP) is 3.00. The Morgan fingerprint density at radius 3 is 2.89 bits per heavy atom. The van der Waals surface area contributed by atoms with Crippen LogP contribution in [0.1, 0.15) is 49.4 Å². The quantitative estimate of drug-likeness (QED) is 0.883. The summed E-state index contributed by atoms with van der Waals surface area (Å²) in [7, 11) is 0. The maximum Gasteiger partial charge on any atom is 0.101 e. The van der Waals surface area contributed by atoms with E-state index in [1.54, 1.807) is 6.26 Å². The second-order valence-corrected chi connectivity index (χ2v) is 4.85. The molecule has 0 radical (unpaired) electrons. The maximum absolute atomic E-state index is 6.15. The lowest BCUT2D eigenvalue weighted by Gasteiger charge is -2.09. The van der Waals surface area contributed by atoms with E-state index in [9.17, 15) is 0 Å². The summed E-state index contributed by atoms with van der Waals surface area (Å²) in [5.74, 6) is 0.894. The fourth-order valence-electron chi connectivity index (χ4n) is 1.92. The van der Waals surface area contributed by atoms with E-state index in [1.807, 2.05) is 29.9 Å². The van der Waals surface area contributed by atoms with Crippen molar-refractivity contribution in [2.75, 3.05) is 0 Å². The lowest BCUT2D eigenvalue weighted by molar-refractivity contribution is 0.471. The summed E-state index contributed by atoms with van der Waals surface area (Å²) >= 11 is 0. The van der Waals surface area contributed by atoms with E-state index in [0.717, 1.165) is 29.9 Å². The molecule has 2 aromatic rings. The van der Waals surface area contributed by atoms with Gasteiger partial charge in [0.1, 0.15) is 5.76 Å². The molecule has 0 amide bonds. The van der Waals surface area contributed by atoms with Gasteiger partial charge in [-0.25, -0.2) is 0 Å². The highest BCUT2D eigenvalue weighted by atomic mass is 16.3. The first kappa shape index (κ1) is 12.9. The van der Waals surface area contributed by atoms with Gasteiger partial charge in [0.25, 0.3) is 0 Å². The van der Waals surface area contributed by atoms with Crippen LogP contribution in [0.4, 0.5) is 0 Å². The van der Waals surface area contributed by atoms with Crippen molar-refractivity contribution in [3.8, 4) is 0 Å². The molecule has 0 aliphatic rings. The van der Waals surface area contributed by atoms with Gasteiger partial charge in [0.05, 0.1) is 12.0 Å². The molecule has 0 saturated heterocycles. The summed E-state index contributed by atoms with van der Waals surface area (Å²) in [6.45, 7) is 6.25. The Morgan fingerprint density at radius 1 is 1.50 bits per heavy atom. The molecular formula is C14H21N3O. The standard InChI is InChI=1S/C14H21N3O/c1-4-10(2)17-6-5-13(16-17)8-14(15)12-7-11(3)18-9-12/h5-7,9-10,14H,4,8,15H2,1-3H3. The summed E-state index contributed by atoms with van der Waals surface area (Å²) in [4.78, 5) is 0. The molecule has 2 atom stereocenters. The van der Waals surface area contributed by atoms with Crippen LogP contribution in [0.25, 0.3) is 0 Å². The molecule has 2 rings (SSSR count). The monoisotopic (exact) mass is 247 g/mol. The fourth-order valence-corrected chi connectivity index (χ4v) is 1.92. The third-order valence-electron chi connectivity index (χ3n) is 3.31. The molecule has 0 aromatic carbocycles. The van der Waals surface area contributed by atoms with Crippen LogP contribution >= 0.6 is 0 Å². The largest absolute Gasteiger partial charge is 0.469 e. The molecular weight excluding hydrogens is 226 g/mol. The maximum atomic E-state index is 6.15. The Hall–Kier alpha value is -1.55. The first-order valence-electron chi connectivity index (χ1n) is 6.44. The number of aryl methyl sites for hydroxylation is 1. The molecule has 0 aliphatic carbocycles.